The summed E-state index contributed by atoms with van der Waals surface area (Å²) in [5.74, 6) is -0.580. The Morgan fingerprint density at radius 2 is 1.89 bits per heavy atom. The van der Waals surface area contributed by atoms with Crippen LogP contribution in [-0.4, -0.2) is 86.6 Å². The second-order valence-corrected chi connectivity index (χ2v) is 12.7. The molecule has 14 heteroatoms. The molecule has 8 rings (SSSR count). The first-order valence-corrected chi connectivity index (χ1v) is 15.0. The molecule has 0 spiro atoms. The van der Waals surface area contributed by atoms with Crippen molar-refractivity contribution in [3.63, 3.8) is 0 Å². The summed E-state index contributed by atoms with van der Waals surface area (Å²) in [6, 6.07) is 1.73. The van der Waals surface area contributed by atoms with Gasteiger partial charge in [0.1, 0.15) is 29.8 Å². The van der Waals surface area contributed by atoms with Crippen LogP contribution in [0.15, 0.2) is 18.5 Å². The minimum absolute atomic E-state index is 0.0858. The fourth-order valence-electron chi connectivity index (χ4n) is 7.96. The van der Waals surface area contributed by atoms with Crippen molar-refractivity contribution in [1.82, 2.24) is 35.4 Å². The van der Waals surface area contributed by atoms with Crippen molar-refractivity contribution >= 4 is 27.6 Å². The number of nitrogens with zero attached hydrogens (tertiary/aromatic N) is 6. The number of hydrogen-bond donors (Lipinski definition) is 2. The van der Waals surface area contributed by atoms with E-state index in [1.807, 2.05) is 4.90 Å². The standard InChI is InChI=1S/C30H31F5N8O/c1-15-7-21-19(10-37-41-21)22(23(15)30(33,34)35)26-24(32)25-20(9-36-26)27(42-12-17-3-4-18(13-42)38-17)40-28(39-25)44-14-29-5-2-6-43(29)11-16(31)8-29/h7,9-10,16-18,38H,2-6,8,11-14H2,1H3,(H,37,41)/t16-,17?,18?,29+/m1/s1. The molecule has 4 aliphatic heterocycles. The normalized spacial score (nSPS) is 27.1. The number of H-pyrrole nitrogens is 1. The average molecular weight is 615 g/mol. The van der Waals surface area contributed by atoms with Gasteiger partial charge < -0.3 is 15.0 Å². The van der Waals surface area contributed by atoms with E-state index < -0.39 is 40.5 Å². The van der Waals surface area contributed by atoms with Crippen molar-refractivity contribution in [2.75, 3.05) is 37.7 Å². The highest BCUT2D eigenvalue weighted by molar-refractivity contribution is 5.99. The number of anilines is 1. The minimum Gasteiger partial charge on any atom is -0.461 e. The van der Waals surface area contributed by atoms with E-state index >= 15 is 4.39 Å². The molecule has 0 radical (unpaired) electrons. The molecular formula is C30H31F5N8O. The number of piperazine rings is 1. The van der Waals surface area contributed by atoms with E-state index in [1.54, 1.807) is 0 Å². The molecule has 9 nitrogen and oxygen atoms in total. The third kappa shape index (κ3) is 4.39. The number of nitrogens with one attached hydrogen (secondary N) is 2. The predicted octanol–water partition coefficient (Wildman–Crippen LogP) is 4.93. The SMILES string of the molecule is Cc1cc2[nH]ncc2c(-c2ncc3c(N4CC5CCC(C4)N5)nc(OC[C@@]45CCCN4C[C@H](F)C5)nc3c2F)c1C(F)(F)F. The molecule has 232 valence electrons. The molecule has 2 unspecified atom stereocenters. The Kier molecular flexibility index (Phi) is 6.29. The number of benzene rings is 1. The molecule has 3 aromatic heterocycles. The monoisotopic (exact) mass is 614 g/mol. The average Bonchev–Trinajstić information content (AvgIpc) is 3.74. The molecule has 1 aromatic carbocycles. The van der Waals surface area contributed by atoms with Crippen molar-refractivity contribution in [2.45, 2.75) is 69.0 Å². The number of halogens is 5. The van der Waals surface area contributed by atoms with Crippen LogP contribution in [0, 0.1) is 12.7 Å². The summed E-state index contributed by atoms with van der Waals surface area (Å²) in [5.41, 5.74) is -2.27. The highest BCUT2D eigenvalue weighted by Crippen LogP contribution is 2.45. The molecule has 4 aliphatic rings. The predicted molar refractivity (Wildman–Crippen MR) is 153 cm³/mol. The van der Waals surface area contributed by atoms with Crippen LogP contribution in [0.2, 0.25) is 0 Å². The van der Waals surface area contributed by atoms with Gasteiger partial charge in [-0.2, -0.15) is 28.2 Å². The third-order valence-electron chi connectivity index (χ3n) is 9.85. The molecule has 2 N–H and O–H groups in total. The van der Waals surface area contributed by atoms with Crippen molar-refractivity contribution < 1.29 is 26.7 Å². The lowest BCUT2D eigenvalue weighted by atomic mass is 9.94. The Bertz CT molecular complexity index is 1770. The molecule has 44 heavy (non-hydrogen) atoms. The summed E-state index contributed by atoms with van der Waals surface area (Å²) in [6.07, 6.45) is 0.904. The summed E-state index contributed by atoms with van der Waals surface area (Å²) >= 11 is 0. The molecule has 0 amide bonds. The molecule has 4 fully saturated rings. The van der Waals surface area contributed by atoms with Gasteiger partial charge in [0.25, 0.3) is 0 Å². The van der Waals surface area contributed by atoms with Crippen molar-refractivity contribution in [1.29, 1.82) is 0 Å². The lowest BCUT2D eigenvalue weighted by Gasteiger charge is -2.34. The summed E-state index contributed by atoms with van der Waals surface area (Å²) in [7, 11) is 0. The molecule has 4 saturated heterocycles. The molecule has 0 saturated carbocycles. The molecule has 7 heterocycles. The number of aryl methyl sites for hydroxylation is 1. The number of alkyl halides is 4. The van der Waals surface area contributed by atoms with Gasteiger partial charge in [-0.3, -0.25) is 15.0 Å². The zero-order valence-corrected chi connectivity index (χ0v) is 24.0. The molecule has 4 aromatic rings. The number of fused-ring (bicyclic) bond motifs is 5. The van der Waals surface area contributed by atoms with E-state index in [0.29, 0.717) is 37.4 Å². The maximum Gasteiger partial charge on any atom is 0.417 e. The number of hydrogen-bond acceptors (Lipinski definition) is 8. The molecule has 2 bridgehead atoms. The Hall–Kier alpha value is -3.65. The van der Waals surface area contributed by atoms with Crippen LogP contribution in [-0.2, 0) is 6.18 Å². The van der Waals surface area contributed by atoms with E-state index in [1.165, 1.54) is 25.4 Å². The molecule has 4 atom stereocenters. The van der Waals surface area contributed by atoms with Crippen LogP contribution < -0.4 is 15.0 Å². The zero-order chi connectivity index (χ0) is 30.4. The second kappa shape index (κ2) is 9.93. The smallest absolute Gasteiger partial charge is 0.417 e. The van der Waals surface area contributed by atoms with E-state index in [2.05, 4.69) is 30.4 Å². The van der Waals surface area contributed by atoms with Crippen molar-refractivity contribution in [2.24, 2.45) is 0 Å². The summed E-state index contributed by atoms with van der Waals surface area (Å²) < 4.78 is 80.6. The Balaban J connectivity index is 1.28. The van der Waals surface area contributed by atoms with Gasteiger partial charge in [0.15, 0.2) is 5.82 Å². The van der Waals surface area contributed by atoms with E-state index in [4.69, 9.17) is 9.72 Å². The van der Waals surface area contributed by atoms with Gasteiger partial charge >= 0.3 is 12.2 Å². The number of pyridine rings is 1. The Morgan fingerprint density at radius 3 is 2.66 bits per heavy atom. The lowest BCUT2D eigenvalue weighted by Crippen LogP contribution is -2.51. The molecular weight excluding hydrogens is 583 g/mol. The van der Waals surface area contributed by atoms with Crippen LogP contribution in [0.25, 0.3) is 33.1 Å². The van der Waals surface area contributed by atoms with Gasteiger partial charge in [-0.25, -0.2) is 8.78 Å². The summed E-state index contributed by atoms with van der Waals surface area (Å²) in [4.78, 5) is 17.6. The second-order valence-electron chi connectivity index (χ2n) is 12.7. The highest BCUT2D eigenvalue weighted by atomic mass is 19.4. The van der Waals surface area contributed by atoms with Gasteiger partial charge in [0, 0.05) is 55.3 Å². The highest BCUT2D eigenvalue weighted by Gasteiger charge is 2.49. The van der Waals surface area contributed by atoms with Gasteiger partial charge in [0.2, 0.25) is 0 Å². The van der Waals surface area contributed by atoms with Crippen molar-refractivity contribution in [3.05, 3.63) is 35.4 Å². The van der Waals surface area contributed by atoms with E-state index in [9.17, 15) is 17.6 Å². The Morgan fingerprint density at radius 1 is 1.09 bits per heavy atom. The number of aromatic nitrogens is 5. The van der Waals surface area contributed by atoms with Crippen LogP contribution in [0.4, 0.5) is 27.8 Å². The van der Waals surface area contributed by atoms with Gasteiger partial charge in [-0.1, -0.05) is 0 Å². The van der Waals surface area contributed by atoms with Gasteiger partial charge in [-0.05, 0) is 50.8 Å². The fraction of sp³-hybridized carbons (Fsp3) is 0.533. The number of ether oxygens (including phenoxy) is 1. The first kappa shape index (κ1) is 27.9. The maximum absolute atomic E-state index is 16.7. The van der Waals surface area contributed by atoms with Crippen LogP contribution in [0.1, 0.15) is 43.2 Å². The molecule has 0 aliphatic carbocycles. The van der Waals surface area contributed by atoms with Crippen LogP contribution in [0.3, 0.4) is 0 Å². The van der Waals surface area contributed by atoms with Gasteiger partial charge in [-0.15, -0.1) is 0 Å². The Labute approximate surface area is 249 Å². The topological polar surface area (TPSA) is 95.1 Å². The largest absolute Gasteiger partial charge is 0.461 e. The summed E-state index contributed by atoms with van der Waals surface area (Å²) in [6.45, 7) is 3.84. The van der Waals surface area contributed by atoms with Crippen LogP contribution >= 0.6 is 0 Å². The zero-order valence-electron chi connectivity index (χ0n) is 24.0. The third-order valence-corrected chi connectivity index (χ3v) is 9.85. The first-order valence-electron chi connectivity index (χ1n) is 15.0. The van der Waals surface area contributed by atoms with Crippen molar-refractivity contribution in [3.8, 4) is 17.3 Å². The van der Waals surface area contributed by atoms with Gasteiger partial charge in [0.05, 0.1) is 28.2 Å². The lowest BCUT2D eigenvalue weighted by molar-refractivity contribution is -0.137. The van der Waals surface area contributed by atoms with E-state index in [0.717, 1.165) is 32.2 Å². The van der Waals surface area contributed by atoms with E-state index in [-0.39, 0.29) is 46.6 Å². The minimum atomic E-state index is -4.78. The first-order chi connectivity index (χ1) is 21.1. The maximum atomic E-state index is 16.7. The quantitative estimate of drug-likeness (QED) is 0.306. The number of rotatable bonds is 5. The fourth-order valence-corrected chi connectivity index (χ4v) is 7.96. The number of aromatic amines is 1. The van der Waals surface area contributed by atoms with Crippen LogP contribution in [0.5, 0.6) is 6.01 Å². The summed E-state index contributed by atoms with van der Waals surface area (Å²) in [5, 5.41) is 10.6.